The molecule has 0 aliphatic rings. The van der Waals surface area contributed by atoms with Gasteiger partial charge in [-0.1, -0.05) is 30.3 Å². The van der Waals surface area contributed by atoms with E-state index in [2.05, 4.69) is 26.4 Å². The van der Waals surface area contributed by atoms with Gasteiger partial charge in [0, 0.05) is 23.5 Å². The van der Waals surface area contributed by atoms with Gasteiger partial charge >= 0.3 is 0 Å². The molecule has 2 heterocycles. The summed E-state index contributed by atoms with van der Waals surface area (Å²) in [6, 6.07) is 15.6. The van der Waals surface area contributed by atoms with E-state index in [1.807, 2.05) is 48.7 Å². The Morgan fingerprint density at radius 3 is 2.84 bits per heavy atom. The van der Waals surface area contributed by atoms with Crippen molar-refractivity contribution in [2.45, 2.75) is 12.8 Å². The molecule has 4 aromatic rings. The van der Waals surface area contributed by atoms with Gasteiger partial charge in [0.15, 0.2) is 0 Å². The van der Waals surface area contributed by atoms with Crippen LogP contribution in [0.4, 0.5) is 5.69 Å². The van der Waals surface area contributed by atoms with Gasteiger partial charge < -0.3 is 10.3 Å². The second-order valence-electron chi connectivity index (χ2n) is 5.76. The van der Waals surface area contributed by atoms with Crippen LogP contribution in [0.15, 0.2) is 67.4 Å². The predicted molar refractivity (Wildman–Crippen MR) is 96.6 cm³/mol. The monoisotopic (exact) mass is 331 g/mol. The third-order valence-corrected chi connectivity index (χ3v) is 4.14. The van der Waals surface area contributed by atoms with Crippen LogP contribution in [0.1, 0.15) is 12.0 Å². The number of rotatable bonds is 5. The summed E-state index contributed by atoms with van der Waals surface area (Å²) in [6.45, 7) is 0. The number of H-pyrrole nitrogens is 1. The smallest absolute Gasteiger partial charge is 0.224 e. The molecule has 0 bridgehead atoms. The van der Waals surface area contributed by atoms with Crippen molar-refractivity contribution in [2.24, 2.45) is 0 Å². The molecule has 0 radical (unpaired) electrons. The zero-order valence-corrected chi connectivity index (χ0v) is 13.5. The van der Waals surface area contributed by atoms with E-state index in [1.165, 1.54) is 11.7 Å². The molecule has 0 atom stereocenters. The molecular formula is C19H17N5O. The number of aryl methyl sites for hydroxylation is 1. The summed E-state index contributed by atoms with van der Waals surface area (Å²) in [5.41, 5.74) is 3.75. The van der Waals surface area contributed by atoms with E-state index in [9.17, 15) is 4.79 Å². The summed E-state index contributed by atoms with van der Waals surface area (Å²) in [5, 5.41) is 8.26. The van der Waals surface area contributed by atoms with Crippen molar-refractivity contribution in [1.29, 1.82) is 0 Å². The first-order valence-electron chi connectivity index (χ1n) is 8.10. The summed E-state index contributed by atoms with van der Waals surface area (Å²) in [7, 11) is 0. The first-order chi connectivity index (χ1) is 12.3. The number of aromatic amines is 1. The largest absolute Gasteiger partial charge is 0.361 e. The summed E-state index contributed by atoms with van der Waals surface area (Å²) in [5.74, 6) is -0.0298. The minimum Gasteiger partial charge on any atom is -0.361 e. The maximum absolute atomic E-state index is 12.4. The Balaban J connectivity index is 1.46. The van der Waals surface area contributed by atoms with Crippen molar-refractivity contribution in [1.82, 2.24) is 19.7 Å². The minimum atomic E-state index is -0.0298. The zero-order chi connectivity index (χ0) is 17.1. The molecule has 0 saturated carbocycles. The number of benzene rings is 2. The fourth-order valence-corrected chi connectivity index (χ4v) is 2.91. The molecule has 25 heavy (non-hydrogen) atoms. The van der Waals surface area contributed by atoms with Gasteiger partial charge in [0.2, 0.25) is 5.91 Å². The Hall–Kier alpha value is -3.41. The van der Waals surface area contributed by atoms with Crippen molar-refractivity contribution in [2.75, 3.05) is 5.32 Å². The van der Waals surface area contributed by atoms with Crippen LogP contribution in [0.25, 0.3) is 16.6 Å². The molecule has 4 rings (SSSR count). The number of carbonyl (C=O) groups is 1. The van der Waals surface area contributed by atoms with Crippen LogP contribution < -0.4 is 5.32 Å². The normalized spacial score (nSPS) is 10.9. The Labute approximate surface area is 144 Å². The maximum Gasteiger partial charge on any atom is 0.224 e. The Kier molecular flexibility index (Phi) is 4.00. The first-order valence-corrected chi connectivity index (χ1v) is 8.10. The number of amides is 1. The molecule has 2 N–H and O–H groups in total. The predicted octanol–water partition coefficient (Wildman–Crippen LogP) is 3.32. The Morgan fingerprint density at radius 1 is 1.12 bits per heavy atom. The lowest BCUT2D eigenvalue weighted by Gasteiger charge is -2.10. The summed E-state index contributed by atoms with van der Waals surface area (Å²) in [4.78, 5) is 19.6. The highest BCUT2D eigenvalue weighted by Crippen LogP contribution is 2.21. The van der Waals surface area contributed by atoms with Crippen molar-refractivity contribution in [3.8, 4) is 5.69 Å². The number of anilines is 1. The molecule has 6 heteroatoms. The summed E-state index contributed by atoms with van der Waals surface area (Å²) >= 11 is 0. The molecule has 0 unspecified atom stereocenters. The van der Waals surface area contributed by atoms with Crippen LogP contribution in [0.2, 0.25) is 0 Å². The molecule has 1 amide bonds. The van der Waals surface area contributed by atoms with E-state index < -0.39 is 0 Å². The second-order valence-corrected chi connectivity index (χ2v) is 5.76. The van der Waals surface area contributed by atoms with Gasteiger partial charge in [-0.15, -0.1) is 0 Å². The molecular weight excluding hydrogens is 314 g/mol. The number of nitrogens with zero attached hydrogens (tertiary/aromatic N) is 3. The topological polar surface area (TPSA) is 75.6 Å². The first kappa shape index (κ1) is 15.1. The van der Waals surface area contributed by atoms with E-state index in [0.29, 0.717) is 12.8 Å². The molecule has 0 aliphatic heterocycles. The Morgan fingerprint density at radius 2 is 1.96 bits per heavy atom. The van der Waals surface area contributed by atoms with E-state index in [4.69, 9.17) is 0 Å². The van der Waals surface area contributed by atoms with Crippen molar-refractivity contribution in [3.63, 3.8) is 0 Å². The summed E-state index contributed by atoms with van der Waals surface area (Å²) < 4.78 is 1.63. The lowest BCUT2D eigenvalue weighted by Crippen LogP contribution is -2.14. The number of para-hydroxylation sites is 3. The van der Waals surface area contributed by atoms with Crippen LogP contribution in [0, 0.1) is 0 Å². The van der Waals surface area contributed by atoms with E-state index in [-0.39, 0.29) is 5.91 Å². The number of hydrogen-bond donors (Lipinski definition) is 2. The molecule has 0 saturated heterocycles. The van der Waals surface area contributed by atoms with Gasteiger partial charge in [-0.3, -0.25) is 4.79 Å². The van der Waals surface area contributed by atoms with E-state index >= 15 is 0 Å². The van der Waals surface area contributed by atoms with Crippen molar-refractivity contribution < 1.29 is 4.79 Å². The molecule has 0 aliphatic carbocycles. The highest BCUT2D eigenvalue weighted by molar-refractivity contribution is 5.93. The average Bonchev–Trinajstić information content (AvgIpc) is 3.30. The van der Waals surface area contributed by atoms with Crippen LogP contribution in [-0.4, -0.2) is 25.7 Å². The fourth-order valence-electron chi connectivity index (χ4n) is 2.91. The number of carbonyl (C=O) groups excluding carboxylic acids is 1. The maximum atomic E-state index is 12.4. The van der Waals surface area contributed by atoms with Crippen LogP contribution >= 0.6 is 0 Å². The van der Waals surface area contributed by atoms with Crippen LogP contribution in [0.3, 0.4) is 0 Å². The molecule has 124 valence electrons. The second kappa shape index (κ2) is 6.60. The Bertz CT molecular complexity index is 1000. The zero-order valence-electron chi connectivity index (χ0n) is 13.5. The van der Waals surface area contributed by atoms with Gasteiger partial charge in [0.1, 0.15) is 12.7 Å². The minimum absolute atomic E-state index is 0.0298. The van der Waals surface area contributed by atoms with Gasteiger partial charge in [-0.25, -0.2) is 9.67 Å². The lowest BCUT2D eigenvalue weighted by molar-refractivity contribution is -0.116. The molecule has 0 fully saturated rings. The van der Waals surface area contributed by atoms with Crippen LogP contribution in [0.5, 0.6) is 0 Å². The average molecular weight is 331 g/mol. The third kappa shape index (κ3) is 3.14. The third-order valence-electron chi connectivity index (χ3n) is 4.14. The van der Waals surface area contributed by atoms with E-state index in [1.54, 1.807) is 11.0 Å². The molecule has 2 aromatic heterocycles. The van der Waals surface area contributed by atoms with Gasteiger partial charge in [0.05, 0.1) is 11.4 Å². The lowest BCUT2D eigenvalue weighted by atomic mass is 10.1. The number of fused-ring (bicyclic) bond motifs is 1. The molecule has 2 aromatic carbocycles. The quantitative estimate of drug-likeness (QED) is 0.589. The van der Waals surface area contributed by atoms with Gasteiger partial charge in [0.25, 0.3) is 0 Å². The summed E-state index contributed by atoms with van der Waals surface area (Å²) in [6.07, 6.45) is 6.14. The molecule has 6 nitrogen and oxygen atoms in total. The highest BCUT2D eigenvalue weighted by Gasteiger charge is 2.10. The van der Waals surface area contributed by atoms with Gasteiger partial charge in [-0.2, -0.15) is 5.10 Å². The SMILES string of the molecule is O=C(CCc1c[nH]c2ccccc12)Nc1ccccc1-n1cncn1. The number of hydrogen-bond acceptors (Lipinski definition) is 3. The van der Waals surface area contributed by atoms with E-state index in [0.717, 1.165) is 22.5 Å². The van der Waals surface area contributed by atoms with Crippen molar-refractivity contribution in [3.05, 3.63) is 72.9 Å². The van der Waals surface area contributed by atoms with Crippen LogP contribution in [-0.2, 0) is 11.2 Å². The number of nitrogens with one attached hydrogen (secondary N) is 2. The standard InChI is InChI=1S/C19H17N5O/c25-19(10-9-14-11-21-16-6-2-1-5-15(14)16)23-17-7-3-4-8-18(17)24-13-20-12-22-24/h1-8,11-13,21H,9-10H2,(H,23,25). The number of aromatic nitrogens is 4. The van der Waals surface area contributed by atoms with Gasteiger partial charge in [-0.05, 0) is 30.2 Å². The highest BCUT2D eigenvalue weighted by atomic mass is 16.1. The fraction of sp³-hybridized carbons (Fsp3) is 0.105. The van der Waals surface area contributed by atoms with Crippen molar-refractivity contribution >= 4 is 22.5 Å². The molecule has 0 spiro atoms.